The summed E-state index contributed by atoms with van der Waals surface area (Å²) in [5, 5.41) is 12.0. The summed E-state index contributed by atoms with van der Waals surface area (Å²) in [4.78, 5) is 15.5. The average Bonchev–Trinajstić information content (AvgIpc) is 2.95. The van der Waals surface area contributed by atoms with Crippen LogP contribution in [-0.2, 0) is 0 Å². The first-order valence-electron chi connectivity index (χ1n) is 7.40. The number of aliphatic hydroxyl groups excluding tert-OH is 1. The molecular formula is C14H23N5O. The van der Waals surface area contributed by atoms with Crippen LogP contribution in [0.4, 0.5) is 5.82 Å². The van der Waals surface area contributed by atoms with Gasteiger partial charge in [0.15, 0.2) is 11.5 Å². The molecule has 2 rings (SSSR count). The first-order valence-corrected chi connectivity index (χ1v) is 7.40. The first-order chi connectivity index (χ1) is 9.92. The molecule has 2 heterocycles. The number of fused-ring (bicyclic) bond motifs is 1. The Morgan fingerprint density at radius 3 is 2.50 bits per heavy atom. The van der Waals surface area contributed by atoms with Crippen molar-refractivity contribution in [3.63, 3.8) is 0 Å². The lowest BCUT2D eigenvalue weighted by atomic mass is 10.1. The number of anilines is 1. The molecule has 0 saturated carbocycles. The minimum absolute atomic E-state index is 0.324. The standard InChI is InChI=1S/C14H23N5O/c20-9-7-5-3-1-2-4-6-8-15-13-12-14(17-10-16-12)19-11-18-13/h10-11,20H,1-9H2,(H2,15,16,17,18,19). The minimum atomic E-state index is 0.324. The van der Waals surface area contributed by atoms with Gasteiger partial charge in [0.1, 0.15) is 11.8 Å². The molecule has 0 fully saturated rings. The molecule has 0 amide bonds. The number of unbranched alkanes of at least 4 members (excludes halogenated alkanes) is 6. The maximum Gasteiger partial charge on any atom is 0.182 e. The molecule has 0 atom stereocenters. The Morgan fingerprint density at radius 2 is 1.70 bits per heavy atom. The van der Waals surface area contributed by atoms with Gasteiger partial charge < -0.3 is 15.4 Å². The van der Waals surface area contributed by atoms with Crippen molar-refractivity contribution in [2.24, 2.45) is 0 Å². The zero-order valence-corrected chi connectivity index (χ0v) is 11.8. The highest BCUT2D eigenvalue weighted by Crippen LogP contribution is 2.14. The molecule has 6 nitrogen and oxygen atoms in total. The van der Waals surface area contributed by atoms with Gasteiger partial charge in [0, 0.05) is 13.2 Å². The number of hydrogen-bond donors (Lipinski definition) is 3. The third kappa shape index (κ3) is 4.45. The summed E-state index contributed by atoms with van der Waals surface area (Å²) in [5.41, 5.74) is 1.57. The van der Waals surface area contributed by atoms with Crippen molar-refractivity contribution in [3.05, 3.63) is 12.7 Å². The van der Waals surface area contributed by atoms with E-state index >= 15 is 0 Å². The van der Waals surface area contributed by atoms with Gasteiger partial charge in [-0.15, -0.1) is 0 Å². The molecule has 0 unspecified atom stereocenters. The van der Waals surface area contributed by atoms with Crippen LogP contribution in [0.15, 0.2) is 12.7 Å². The Balaban J connectivity index is 1.58. The van der Waals surface area contributed by atoms with Gasteiger partial charge >= 0.3 is 0 Å². The second-order valence-corrected chi connectivity index (χ2v) is 4.95. The minimum Gasteiger partial charge on any atom is -0.396 e. The molecule has 0 bridgehead atoms. The van der Waals surface area contributed by atoms with Gasteiger partial charge in [0.25, 0.3) is 0 Å². The highest BCUT2D eigenvalue weighted by atomic mass is 16.2. The van der Waals surface area contributed by atoms with Crippen LogP contribution in [0, 0.1) is 0 Å². The number of aromatic amines is 1. The van der Waals surface area contributed by atoms with Crippen LogP contribution in [0.1, 0.15) is 44.9 Å². The number of imidazole rings is 1. The number of aromatic nitrogens is 4. The molecule has 3 N–H and O–H groups in total. The van der Waals surface area contributed by atoms with Crippen LogP contribution in [0.2, 0.25) is 0 Å². The highest BCUT2D eigenvalue weighted by molar-refractivity contribution is 5.81. The van der Waals surface area contributed by atoms with Crippen molar-refractivity contribution in [1.82, 2.24) is 19.9 Å². The van der Waals surface area contributed by atoms with Crippen molar-refractivity contribution in [3.8, 4) is 0 Å². The highest BCUT2D eigenvalue weighted by Gasteiger charge is 2.04. The number of H-pyrrole nitrogens is 1. The van der Waals surface area contributed by atoms with E-state index in [1.165, 1.54) is 32.0 Å². The summed E-state index contributed by atoms with van der Waals surface area (Å²) in [7, 11) is 0. The fraction of sp³-hybridized carbons (Fsp3) is 0.643. The van der Waals surface area contributed by atoms with E-state index in [-0.39, 0.29) is 0 Å². The van der Waals surface area contributed by atoms with E-state index in [9.17, 15) is 0 Å². The van der Waals surface area contributed by atoms with E-state index in [0.717, 1.165) is 37.1 Å². The van der Waals surface area contributed by atoms with Gasteiger partial charge in [-0.25, -0.2) is 15.0 Å². The fourth-order valence-electron chi connectivity index (χ4n) is 2.23. The van der Waals surface area contributed by atoms with Crippen LogP contribution in [0.25, 0.3) is 11.2 Å². The number of nitrogens with one attached hydrogen (secondary N) is 2. The zero-order chi connectivity index (χ0) is 14.0. The van der Waals surface area contributed by atoms with Crippen molar-refractivity contribution in [2.45, 2.75) is 44.9 Å². The lowest BCUT2D eigenvalue weighted by Crippen LogP contribution is -2.04. The van der Waals surface area contributed by atoms with E-state index in [2.05, 4.69) is 25.3 Å². The lowest BCUT2D eigenvalue weighted by Gasteiger charge is -2.05. The molecule has 2 aromatic heterocycles. The molecule has 0 aromatic carbocycles. The predicted octanol–water partition coefficient (Wildman–Crippen LogP) is 2.49. The molecule has 0 saturated heterocycles. The molecular weight excluding hydrogens is 254 g/mol. The summed E-state index contributed by atoms with van der Waals surface area (Å²) in [6, 6.07) is 0. The van der Waals surface area contributed by atoms with Gasteiger partial charge in [0.2, 0.25) is 0 Å². The monoisotopic (exact) mass is 277 g/mol. The van der Waals surface area contributed by atoms with Crippen LogP contribution in [-0.4, -0.2) is 38.2 Å². The summed E-state index contributed by atoms with van der Waals surface area (Å²) in [6.07, 6.45) is 11.4. The largest absolute Gasteiger partial charge is 0.396 e. The van der Waals surface area contributed by atoms with E-state index in [1.807, 2.05) is 0 Å². The number of aliphatic hydroxyl groups is 1. The third-order valence-corrected chi connectivity index (χ3v) is 3.35. The maximum atomic E-state index is 8.68. The smallest absolute Gasteiger partial charge is 0.182 e. The lowest BCUT2D eigenvalue weighted by molar-refractivity contribution is 0.282. The molecule has 0 spiro atoms. The molecule has 0 radical (unpaired) electrons. The third-order valence-electron chi connectivity index (χ3n) is 3.35. The molecule has 0 aliphatic heterocycles. The van der Waals surface area contributed by atoms with Gasteiger partial charge in [-0.2, -0.15) is 0 Å². The molecule has 20 heavy (non-hydrogen) atoms. The second kappa shape index (κ2) is 8.47. The molecule has 110 valence electrons. The van der Waals surface area contributed by atoms with Crippen molar-refractivity contribution in [1.29, 1.82) is 0 Å². The Labute approximate surface area is 119 Å². The quantitative estimate of drug-likeness (QED) is 0.581. The second-order valence-electron chi connectivity index (χ2n) is 4.95. The summed E-state index contributed by atoms with van der Waals surface area (Å²) in [5.74, 6) is 0.829. The van der Waals surface area contributed by atoms with E-state index in [1.54, 1.807) is 6.33 Å². The van der Waals surface area contributed by atoms with Crippen molar-refractivity contribution in [2.75, 3.05) is 18.5 Å². The topological polar surface area (TPSA) is 86.7 Å². The van der Waals surface area contributed by atoms with Gasteiger partial charge in [0.05, 0.1) is 6.33 Å². The molecule has 0 aliphatic carbocycles. The average molecular weight is 277 g/mol. The fourth-order valence-corrected chi connectivity index (χ4v) is 2.23. The van der Waals surface area contributed by atoms with E-state index < -0.39 is 0 Å². The number of rotatable bonds is 10. The number of hydrogen-bond acceptors (Lipinski definition) is 5. The van der Waals surface area contributed by atoms with Gasteiger partial charge in [-0.05, 0) is 12.8 Å². The Morgan fingerprint density at radius 1 is 0.950 bits per heavy atom. The molecule has 2 aromatic rings. The normalized spacial score (nSPS) is 11.1. The van der Waals surface area contributed by atoms with Crippen LogP contribution in [0.3, 0.4) is 0 Å². The van der Waals surface area contributed by atoms with Crippen LogP contribution < -0.4 is 5.32 Å². The first kappa shape index (κ1) is 14.7. The number of nitrogens with zero attached hydrogens (tertiary/aromatic N) is 3. The summed E-state index contributed by atoms with van der Waals surface area (Å²) < 4.78 is 0. The Kier molecular flexibility index (Phi) is 6.23. The SMILES string of the molecule is OCCCCCCCCCNc1ncnc2nc[nH]c12. The molecule has 0 aliphatic rings. The predicted molar refractivity (Wildman–Crippen MR) is 79.6 cm³/mol. The van der Waals surface area contributed by atoms with Crippen molar-refractivity contribution < 1.29 is 5.11 Å². The van der Waals surface area contributed by atoms with Crippen molar-refractivity contribution >= 4 is 17.0 Å². The Bertz CT molecular complexity index is 499. The molecule has 6 heteroatoms. The maximum absolute atomic E-state index is 8.68. The van der Waals surface area contributed by atoms with E-state index in [0.29, 0.717) is 12.3 Å². The summed E-state index contributed by atoms with van der Waals surface area (Å²) >= 11 is 0. The zero-order valence-electron chi connectivity index (χ0n) is 11.8. The van der Waals surface area contributed by atoms with Crippen LogP contribution in [0.5, 0.6) is 0 Å². The van der Waals surface area contributed by atoms with Gasteiger partial charge in [-0.1, -0.05) is 32.1 Å². The summed E-state index contributed by atoms with van der Waals surface area (Å²) in [6.45, 7) is 1.24. The van der Waals surface area contributed by atoms with E-state index in [4.69, 9.17) is 5.11 Å². The Hall–Kier alpha value is -1.69. The van der Waals surface area contributed by atoms with Crippen LogP contribution >= 0.6 is 0 Å². The van der Waals surface area contributed by atoms with Gasteiger partial charge in [-0.3, -0.25) is 0 Å².